The average molecular weight is 235 g/mol. The number of benzene rings is 1. The van der Waals surface area contributed by atoms with E-state index in [2.05, 4.69) is 23.1 Å². The lowest BCUT2D eigenvalue weighted by Crippen LogP contribution is -2.34. The number of halogens is 1. The van der Waals surface area contributed by atoms with Crippen LogP contribution < -0.4 is 0 Å². The normalized spacial score (nSPS) is 21.6. The molecule has 1 aliphatic heterocycles. The van der Waals surface area contributed by atoms with Gasteiger partial charge in [0.2, 0.25) is 0 Å². The maximum atomic E-state index is 8.92. The van der Waals surface area contributed by atoms with Crippen LogP contribution in [0, 0.1) is 17.2 Å². The van der Waals surface area contributed by atoms with E-state index in [0.717, 1.165) is 37.5 Å². The molecule has 0 saturated carbocycles. The number of piperidine rings is 1. The number of nitrogens with zero attached hydrogens (tertiary/aromatic N) is 2. The Morgan fingerprint density at radius 3 is 2.81 bits per heavy atom. The molecule has 0 radical (unpaired) electrons. The number of hydrogen-bond donors (Lipinski definition) is 0. The van der Waals surface area contributed by atoms with Crippen LogP contribution in [-0.2, 0) is 6.54 Å². The lowest BCUT2D eigenvalue weighted by atomic mass is 9.99. The third kappa shape index (κ3) is 2.98. The maximum absolute atomic E-state index is 8.92. The van der Waals surface area contributed by atoms with Crippen molar-refractivity contribution in [3.8, 4) is 6.07 Å². The van der Waals surface area contributed by atoms with E-state index in [4.69, 9.17) is 16.9 Å². The van der Waals surface area contributed by atoms with E-state index in [1.165, 1.54) is 5.56 Å². The van der Waals surface area contributed by atoms with Gasteiger partial charge >= 0.3 is 0 Å². The summed E-state index contributed by atoms with van der Waals surface area (Å²) in [5.74, 6) is 0.209. The zero-order valence-electron chi connectivity index (χ0n) is 9.19. The van der Waals surface area contributed by atoms with Crippen molar-refractivity contribution in [2.75, 3.05) is 13.1 Å². The molecule has 16 heavy (non-hydrogen) atoms. The molecule has 1 heterocycles. The van der Waals surface area contributed by atoms with Gasteiger partial charge in [-0.15, -0.1) is 0 Å². The average Bonchev–Trinajstić information content (AvgIpc) is 2.32. The molecule has 1 unspecified atom stereocenters. The Hall–Kier alpha value is -1.04. The van der Waals surface area contributed by atoms with E-state index in [1.54, 1.807) is 0 Å². The minimum absolute atomic E-state index is 0.209. The van der Waals surface area contributed by atoms with Gasteiger partial charge in [-0.05, 0) is 37.1 Å². The van der Waals surface area contributed by atoms with E-state index < -0.39 is 0 Å². The molecule has 1 atom stereocenters. The fourth-order valence-corrected chi connectivity index (χ4v) is 2.28. The van der Waals surface area contributed by atoms with Crippen molar-refractivity contribution in [2.24, 2.45) is 5.92 Å². The first kappa shape index (κ1) is 11.4. The summed E-state index contributed by atoms with van der Waals surface area (Å²) in [7, 11) is 0. The zero-order chi connectivity index (χ0) is 11.4. The van der Waals surface area contributed by atoms with Gasteiger partial charge < -0.3 is 0 Å². The second-order valence-corrected chi connectivity index (χ2v) is 4.77. The number of rotatable bonds is 2. The molecular weight excluding hydrogens is 220 g/mol. The molecule has 1 saturated heterocycles. The number of likely N-dealkylation sites (tertiary alicyclic amines) is 1. The quantitative estimate of drug-likeness (QED) is 0.787. The molecule has 1 aromatic rings. The Morgan fingerprint density at radius 1 is 1.38 bits per heavy atom. The zero-order valence-corrected chi connectivity index (χ0v) is 9.95. The highest BCUT2D eigenvalue weighted by Crippen LogP contribution is 2.18. The molecule has 0 aromatic heterocycles. The van der Waals surface area contributed by atoms with Gasteiger partial charge in [0.1, 0.15) is 0 Å². The van der Waals surface area contributed by atoms with Crippen LogP contribution in [0.25, 0.3) is 0 Å². The van der Waals surface area contributed by atoms with Crippen molar-refractivity contribution in [3.05, 3.63) is 34.9 Å². The van der Waals surface area contributed by atoms with Crippen molar-refractivity contribution in [1.29, 1.82) is 5.26 Å². The smallest absolute Gasteiger partial charge is 0.0669 e. The molecule has 0 N–H and O–H groups in total. The van der Waals surface area contributed by atoms with Crippen LogP contribution in [0.2, 0.25) is 5.02 Å². The fraction of sp³-hybridized carbons (Fsp3) is 0.462. The highest BCUT2D eigenvalue weighted by atomic mass is 35.5. The van der Waals surface area contributed by atoms with E-state index in [9.17, 15) is 0 Å². The Morgan fingerprint density at radius 2 is 2.12 bits per heavy atom. The topological polar surface area (TPSA) is 27.0 Å². The van der Waals surface area contributed by atoms with E-state index in [-0.39, 0.29) is 5.92 Å². The predicted octanol–water partition coefficient (Wildman–Crippen LogP) is 3.08. The maximum Gasteiger partial charge on any atom is 0.0669 e. The summed E-state index contributed by atoms with van der Waals surface area (Å²) in [4.78, 5) is 2.35. The summed E-state index contributed by atoms with van der Waals surface area (Å²) in [5.41, 5.74) is 1.27. The molecule has 1 aliphatic rings. The highest BCUT2D eigenvalue weighted by Gasteiger charge is 2.19. The van der Waals surface area contributed by atoms with Gasteiger partial charge in [-0.1, -0.05) is 23.7 Å². The molecule has 2 rings (SSSR count). The Kier molecular flexibility index (Phi) is 3.82. The number of hydrogen-bond acceptors (Lipinski definition) is 2. The van der Waals surface area contributed by atoms with Crippen LogP contribution in [0.1, 0.15) is 18.4 Å². The van der Waals surface area contributed by atoms with Crippen molar-refractivity contribution in [2.45, 2.75) is 19.4 Å². The standard InChI is InChI=1S/C13H15ClN2/c14-13-5-3-11(4-6-13)9-16-7-1-2-12(8-15)10-16/h3-6,12H,1-2,7,9-10H2. The second-order valence-electron chi connectivity index (χ2n) is 4.33. The van der Waals surface area contributed by atoms with Gasteiger partial charge in [-0.25, -0.2) is 0 Å². The Bertz CT molecular complexity index is 380. The minimum Gasteiger partial charge on any atom is -0.298 e. The van der Waals surface area contributed by atoms with Gasteiger partial charge in [0.25, 0.3) is 0 Å². The molecule has 1 fully saturated rings. The van der Waals surface area contributed by atoms with Gasteiger partial charge in [0.15, 0.2) is 0 Å². The second kappa shape index (κ2) is 5.34. The van der Waals surface area contributed by atoms with Gasteiger partial charge in [-0.2, -0.15) is 5.26 Å². The highest BCUT2D eigenvalue weighted by molar-refractivity contribution is 6.30. The summed E-state index contributed by atoms with van der Waals surface area (Å²) in [6.07, 6.45) is 2.18. The molecule has 2 nitrogen and oxygen atoms in total. The van der Waals surface area contributed by atoms with E-state index >= 15 is 0 Å². The van der Waals surface area contributed by atoms with Crippen LogP contribution in [-0.4, -0.2) is 18.0 Å². The molecule has 0 spiro atoms. The van der Waals surface area contributed by atoms with Gasteiger partial charge in [0.05, 0.1) is 12.0 Å². The molecule has 0 amide bonds. The van der Waals surface area contributed by atoms with Crippen molar-refractivity contribution < 1.29 is 0 Å². The van der Waals surface area contributed by atoms with Crippen LogP contribution in [0.15, 0.2) is 24.3 Å². The molecule has 0 aliphatic carbocycles. The van der Waals surface area contributed by atoms with Crippen LogP contribution in [0.4, 0.5) is 0 Å². The summed E-state index contributed by atoms with van der Waals surface area (Å²) in [6.45, 7) is 2.93. The fourth-order valence-electron chi connectivity index (χ4n) is 2.15. The number of nitriles is 1. The summed E-state index contributed by atoms with van der Waals surface area (Å²) >= 11 is 5.84. The monoisotopic (exact) mass is 234 g/mol. The van der Waals surface area contributed by atoms with Crippen LogP contribution >= 0.6 is 11.6 Å². The van der Waals surface area contributed by atoms with Crippen LogP contribution in [0.3, 0.4) is 0 Å². The molecular formula is C13H15ClN2. The summed E-state index contributed by atoms with van der Waals surface area (Å²) in [6, 6.07) is 10.3. The Labute approximate surface area is 101 Å². The third-order valence-corrected chi connectivity index (χ3v) is 3.26. The third-order valence-electron chi connectivity index (χ3n) is 3.01. The first-order chi connectivity index (χ1) is 7.78. The van der Waals surface area contributed by atoms with E-state index in [1.807, 2.05) is 12.1 Å². The summed E-state index contributed by atoms with van der Waals surface area (Å²) < 4.78 is 0. The summed E-state index contributed by atoms with van der Waals surface area (Å²) in [5, 5.41) is 9.69. The van der Waals surface area contributed by atoms with E-state index in [0.29, 0.717) is 0 Å². The minimum atomic E-state index is 0.209. The van der Waals surface area contributed by atoms with Crippen molar-refractivity contribution in [1.82, 2.24) is 4.90 Å². The van der Waals surface area contributed by atoms with Crippen molar-refractivity contribution >= 4 is 11.6 Å². The lowest BCUT2D eigenvalue weighted by molar-refractivity contribution is 0.192. The molecule has 3 heteroatoms. The van der Waals surface area contributed by atoms with Gasteiger partial charge in [-0.3, -0.25) is 4.90 Å². The SMILES string of the molecule is N#CC1CCCN(Cc2ccc(Cl)cc2)C1. The largest absolute Gasteiger partial charge is 0.298 e. The lowest BCUT2D eigenvalue weighted by Gasteiger charge is -2.29. The molecule has 84 valence electrons. The first-order valence-corrected chi connectivity index (χ1v) is 6.02. The van der Waals surface area contributed by atoms with Crippen molar-refractivity contribution in [3.63, 3.8) is 0 Å². The van der Waals surface area contributed by atoms with Crippen LogP contribution in [0.5, 0.6) is 0 Å². The molecule has 0 bridgehead atoms. The first-order valence-electron chi connectivity index (χ1n) is 5.64. The van der Waals surface area contributed by atoms with Gasteiger partial charge in [0, 0.05) is 18.1 Å². The molecule has 1 aromatic carbocycles. The Balaban J connectivity index is 1.94. The predicted molar refractivity (Wildman–Crippen MR) is 65.1 cm³/mol.